The van der Waals surface area contributed by atoms with Gasteiger partial charge >= 0.3 is 5.97 Å². The highest BCUT2D eigenvalue weighted by Crippen LogP contribution is 2.38. The molecule has 0 aliphatic rings. The number of carbonyl (C=O) groups excluding carboxylic acids is 2. The Balaban J connectivity index is 2.08. The third-order valence-corrected chi connectivity index (χ3v) is 3.77. The van der Waals surface area contributed by atoms with Gasteiger partial charge < -0.3 is 24.3 Å². The molecule has 0 aromatic heterocycles. The smallest absolute Gasteiger partial charge is 0.338 e. The number of anilines is 1. The zero-order chi connectivity index (χ0) is 19.8. The molecule has 0 aliphatic carbocycles. The first-order chi connectivity index (χ1) is 13.0. The average Bonchev–Trinajstić information content (AvgIpc) is 2.67. The molecule has 0 bridgehead atoms. The first-order valence-electron chi connectivity index (χ1n) is 8.38. The molecule has 1 amide bonds. The van der Waals surface area contributed by atoms with Crippen molar-refractivity contribution in [3.8, 4) is 17.2 Å². The van der Waals surface area contributed by atoms with Gasteiger partial charge in [-0.25, -0.2) is 4.79 Å². The van der Waals surface area contributed by atoms with Gasteiger partial charge in [-0.3, -0.25) is 4.79 Å². The zero-order valence-electron chi connectivity index (χ0n) is 15.8. The molecule has 0 atom stereocenters. The summed E-state index contributed by atoms with van der Waals surface area (Å²) in [7, 11) is 4.56. The number of esters is 1. The highest BCUT2D eigenvalue weighted by atomic mass is 16.5. The first kappa shape index (κ1) is 20.1. The SMILES string of the molecule is CCOC(=O)c1ccc(NC(=O)Cc2cc(OC)c(OC)c(OC)c2)cc1. The van der Waals surface area contributed by atoms with Gasteiger partial charge in [-0.05, 0) is 48.9 Å². The fraction of sp³-hybridized carbons (Fsp3) is 0.300. The van der Waals surface area contributed by atoms with Gasteiger partial charge in [0.2, 0.25) is 11.7 Å². The largest absolute Gasteiger partial charge is 0.493 e. The van der Waals surface area contributed by atoms with Gasteiger partial charge in [0.1, 0.15) is 0 Å². The van der Waals surface area contributed by atoms with Gasteiger partial charge in [0.25, 0.3) is 0 Å². The molecule has 0 saturated heterocycles. The standard InChI is InChI=1S/C20H23NO6/c1-5-27-20(23)14-6-8-15(9-7-14)21-18(22)12-13-10-16(24-2)19(26-4)17(11-13)25-3/h6-11H,5,12H2,1-4H3,(H,21,22). The van der Waals surface area contributed by atoms with Gasteiger partial charge in [-0.1, -0.05) is 0 Å². The Labute approximate surface area is 158 Å². The molecule has 144 valence electrons. The van der Waals surface area contributed by atoms with Gasteiger partial charge in [-0.15, -0.1) is 0 Å². The summed E-state index contributed by atoms with van der Waals surface area (Å²) in [5.74, 6) is 0.830. The Morgan fingerprint density at radius 3 is 2.00 bits per heavy atom. The third kappa shape index (κ3) is 5.13. The maximum absolute atomic E-state index is 12.3. The number of rotatable bonds is 8. The lowest BCUT2D eigenvalue weighted by atomic mass is 10.1. The van der Waals surface area contributed by atoms with Crippen molar-refractivity contribution in [1.29, 1.82) is 0 Å². The van der Waals surface area contributed by atoms with E-state index in [-0.39, 0.29) is 12.3 Å². The van der Waals surface area contributed by atoms with Gasteiger partial charge in [0.05, 0.1) is 39.9 Å². The Morgan fingerprint density at radius 1 is 0.926 bits per heavy atom. The molecular weight excluding hydrogens is 350 g/mol. The van der Waals surface area contributed by atoms with Gasteiger partial charge in [0.15, 0.2) is 11.5 Å². The van der Waals surface area contributed by atoms with E-state index in [1.165, 1.54) is 21.3 Å². The highest BCUT2D eigenvalue weighted by molar-refractivity contribution is 5.94. The number of hydrogen-bond acceptors (Lipinski definition) is 6. The summed E-state index contributed by atoms with van der Waals surface area (Å²) in [6, 6.07) is 9.97. The van der Waals surface area contributed by atoms with Crippen LogP contribution in [-0.4, -0.2) is 39.8 Å². The van der Waals surface area contributed by atoms with Crippen molar-refractivity contribution < 1.29 is 28.5 Å². The number of ether oxygens (including phenoxy) is 4. The van der Waals surface area contributed by atoms with E-state index in [0.29, 0.717) is 40.7 Å². The van der Waals surface area contributed by atoms with Gasteiger partial charge in [-0.2, -0.15) is 0 Å². The Kier molecular flexibility index (Phi) is 7.05. The minimum Gasteiger partial charge on any atom is -0.493 e. The summed E-state index contributed by atoms with van der Waals surface area (Å²) in [5.41, 5.74) is 1.73. The first-order valence-corrected chi connectivity index (χ1v) is 8.38. The summed E-state index contributed by atoms with van der Waals surface area (Å²) < 4.78 is 20.8. The van der Waals surface area contributed by atoms with Crippen molar-refractivity contribution in [2.45, 2.75) is 13.3 Å². The minimum absolute atomic E-state index is 0.121. The van der Waals surface area contributed by atoms with Crippen molar-refractivity contribution in [2.75, 3.05) is 33.3 Å². The van der Waals surface area contributed by atoms with Crippen molar-refractivity contribution in [3.05, 3.63) is 47.5 Å². The molecule has 2 rings (SSSR count). The highest BCUT2D eigenvalue weighted by Gasteiger charge is 2.15. The Hall–Kier alpha value is -3.22. The van der Waals surface area contributed by atoms with Crippen LogP contribution in [0.1, 0.15) is 22.8 Å². The number of methoxy groups -OCH3 is 3. The number of hydrogen-bond donors (Lipinski definition) is 1. The Bertz CT molecular complexity index is 776. The van der Waals surface area contributed by atoms with E-state index in [1.54, 1.807) is 43.3 Å². The summed E-state index contributed by atoms with van der Waals surface area (Å²) in [6.45, 7) is 2.06. The fourth-order valence-electron chi connectivity index (χ4n) is 2.53. The predicted molar refractivity (Wildman–Crippen MR) is 101 cm³/mol. The summed E-state index contributed by atoms with van der Waals surface area (Å²) in [5, 5.41) is 2.79. The van der Waals surface area contributed by atoms with Crippen molar-refractivity contribution >= 4 is 17.6 Å². The second-order valence-electron chi connectivity index (χ2n) is 5.56. The molecule has 7 nitrogen and oxygen atoms in total. The van der Waals surface area contributed by atoms with Crippen LogP contribution in [0, 0.1) is 0 Å². The fourth-order valence-corrected chi connectivity index (χ4v) is 2.53. The zero-order valence-corrected chi connectivity index (χ0v) is 15.8. The molecule has 0 spiro atoms. The summed E-state index contributed by atoms with van der Waals surface area (Å²) in [6.07, 6.45) is 0.121. The van der Waals surface area contributed by atoms with E-state index >= 15 is 0 Å². The third-order valence-electron chi connectivity index (χ3n) is 3.77. The number of nitrogens with one attached hydrogen (secondary N) is 1. The van der Waals surface area contributed by atoms with Crippen LogP contribution in [0.25, 0.3) is 0 Å². The lowest BCUT2D eigenvalue weighted by Crippen LogP contribution is -2.15. The van der Waals surface area contributed by atoms with Crippen LogP contribution in [0.4, 0.5) is 5.69 Å². The van der Waals surface area contributed by atoms with Crippen molar-refractivity contribution in [2.24, 2.45) is 0 Å². The number of carbonyl (C=O) groups is 2. The summed E-state index contributed by atoms with van der Waals surface area (Å²) >= 11 is 0. The summed E-state index contributed by atoms with van der Waals surface area (Å²) in [4.78, 5) is 24.0. The monoisotopic (exact) mass is 373 g/mol. The molecule has 0 unspecified atom stereocenters. The van der Waals surface area contributed by atoms with E-state index in [1.807, 2.05) is 0 Å². The molecule has 0 radical (unpaired) electrons. The molecule has 2 aromatic rings. The molecule has 27 heavy (non-hydrogen) atoms. The molecule has 2 aromatic carbocycles. The molecule has 1 N–H and O–H groups in total. The van der Waals surface area contributed by atoms with E-state index < -0.39 is 5.97 Å². The van der Waals surface area contributed by atoms with E-state index in [4.69, 9.17) is 18.9 Å². The van der Waals surface area contributed by atoms with E-state index in [0.717, 1.165) is 0 Å². The van der Waals surface area contributed by atoms with Crippen LogP contribution in [0.15, 0.2) is 36.4 Å². The van der Waals surface area contributed by atoms with E-state index in [9.17, 15) is 9.59 Å². The lowest BCUT2D eigenvalue weighted by molar-refractivity contribution is -0.115. The maximum Gasteiger partial charge on any atom is 0.338 e. The van der Waals surface area contributed by atoms with Crippen LogP contribution in [0.5, 0.6) is 17.2 Å². The molecule has 7 heteroatoms. The van der Waals surface area contributed by atoms with Crippen molar-refractivity contribution in [3.63, 3.8) is 0 Å². The van der Waals surface area contributed by atoms with Crippen LogP contribution >= 0.6 is 0 Å². The quantitative estimate of drug-likeness (QED) is 0.716. The van der Waals surface area contributed by atoms with E-state index in [2.05, 4.69) is 5.32 Å². The Morgan fingerprint density at radius 2 is 1.52 bits per heavy atom. The maximum atomic E-state index is 12.3. The number of amides is 1. The normalized spacial score (nSPS) is 10.1. The topological polar surface area (TPSA) is 83.1 Å². The average molecular weight is 373 g/mol. The number of benzene rings is 2. The second-order valence-corrected chi connectivity index (χ2v) is 5.56. The van der Waals surface area contributed by atoms with Crippen molar-refractivity contribution in [1.82, 2.24) is 0 Å². The molecule has 0 aliphatic heterocycles. The molecule has 0 heterocycles. The lowest BCUT2D eigenvalue weighted by Gasteiger charge is -2.14. The van der Waals surface area contributed by atoms with Crippen LogP contribution in [-0.2, 0) is 16.0 Å². The molecular formula is C20H23NO6. The van der Waals surface area contributed by atoms with Crippen LogP contribution in [0.2, 0.25) is 0 Å². The second kappa shape index (κ2) is 9.47. The van der Waals surface area contributed by atoms with Crippen LogP contribution < -0.4 is 19.5 Å². The predicted octanol–water partition coefficient (Wildman–Crippen LogP) is 3.07. The molecule has 0 saturated carbocycles. The van der Waals surface area contributed by atoms with Crippen LogP contribution in [0.3, 0.4) is 0 Å². The molecule has 0 fully saturated rings. The van der Waals surface area contributed by atoms with Gasteiger partial charge in [0, 0.05) is 5.69 Å². The minimum atomic E-state index is -0.396.